The van der Waals surface area contributed by atoms with Gasteiger partial charge in [0.25, 0.3) is 0 Å². The molecule has 0 saturated carbocycles. The maximum absolute atomic E-state index is 5.65. The van der Waals surface area contributed by atoms with Gasteiger partial charge in [-0.1, -0.05) is 13.3 Å². The molecule has 2 rings (SSSR count). The Labute approximate surface area is 119 Å². The standard InChI is InChI=1S/C16H32N2O/c1-4-9-17-14-10-15-7-6-8-16(11-14)18(15)13(3)12-19-5-2/h13-17H,4-12H2,1-3H3. The molecule has 2 saturated heterocycles. The number of fused-ring (bicyclic) bond motifs is 2. The van der Waals surface area contributed by atoms with Crippen molar-refractivity contribution in [3.05, 3.63) is 0 Å². The van der Waals surface area contributed by atoms with Crippen molar-refractivity contribution in [1.29, 1.82) is 0 Å². The molecule has 0 aliphatic carbocycles. The van der Waals surface area contributed by atoms with Crippen LogP contribution in [0, 0.1) is 0 Å². The molecule has 1 N–H and O–H groups in total. The van der Waals surface area contributed by atoms with Crippen LogP contribution in [0.4, 0.5) is 0 Å². The summed E-state index contributed by atoms with van der Waals surface area (Å²) in [6.45, 7) is 9.62. The van der Waals surface area contributed by atoms with E-state index >= 15 is 0 Å². The van der Waals surface area contributed by atoms with E-state index in [1.165, 1.54) is 45.1 Å². The van der Waals surface area contributed by atoms with Crippen LogP contribution in [0.1, 0.15) is 59.3 Å². The Morgan fingerprint density at radius 2 is 1.89 bits per heavy atom. The Morgan fingerprint density at radius 1 is 1.21 bits per heavy atom. The molecule has 0 aromatic rings. The summed E-state index contributed by atoms with van der Waals surface area (Å²) >= 11 is 0. The Bertz CT molecular complexity index is 245. The highest BCUT2D eigenvalue weighted by Crippen LogP contribution is 2.35. The number of hydrogen-bond acceptors (Lipinski definition) is 3. The highest BCUT2D eigenvalue weighted by atomic mass is 16.5. The molecule has 3 unspecified atom stereocenters. The summed E-state index contributed by atoms with van der Waals surface area (Å²) in [6.07, 6.45) is 8.12. The maximum Gasteiger partial charge on any atom is 0.0619 e. The van der Waals surface area contributed by atoms with Gasteiger partial charge in [0, 0.05) is 30.8 Å². The molecular weight excluding hydrogens is 236 g/mol. The number of hydrogen-bond donors (Lipinski definition) is 1. The predicted octanol–water partition coefficient (Wildman–Crippen LogP) is 2.80. The van der Waals surface area contributed by atoms with Gasteiger partial charge in [0.2, 0.25) is 0 Å². The topological polar surface area (TPSA) is 24.5 Å². The average molecular weight is 268 g/mol. The maximum atomic E-state index is 5.65. The second kappa shape index (κ2) is 7.61. The fourth-order valence-electron chi connectivity index (χ4n) is 4.03. The first kappa shape index (κ1) is 15.3. The third-order valence-corrected chi connectivity index (χ3v) is 4.79. The van der Waals surface area contributed by atoms with Gasteiger partial charge < -0.3 is 10.1 Å². The smallest absolute Gasteiger partial charge is 0.0619 e. The molecule has 19 heavy (non-hydrogen) atoms. The first-order valence-electron chi connectivity index (χ1n) is 8.34. The summed E-state index contributed by atoms with van der Waals surface area (Å²) < 4.78 is 5.65. The fourth-order valence-corrected chi connectivity index (χ4v) is 4.03. The first-order valence-corrected chi connectivity index (χ1v) is 8.34. The normalized spacial score (nSPS) is 33.3. The van der Waals surface area contributed by atoms with Crippen molar-refractivity contribution in [3.63, 3.8) is 0 Å². The zero-order valence-electron chi connectivity index (χ0n) is 13.0. The van der Waals surface area contributed by atoms with Crippen molar-refractivity contribution in [2.24, 2.45) is 0 Å². The summed E-state index contributed by atoms with van der Waals surface area (Å²) in [4.78, 5) is 2.78. The van der Waals surface area contributed by atoms with E-state index in [1.54, 1.807) is 0 Å². The van der Waals surface area contributed by atoms with E-state index in [1.807, 2.05) is 0 Å². The van der Waals surface area contributed by atoms with E-state index in [2.05, 4.69) is 31.0 Å². The Morgan fingerprint density at radius 3 is 2.47 bits per heavy atom. The van der Waals surface area contributed by atoms with Crippen molar-refractivity contribution in [1.82, 2.24) is 10.2 Å². The molecule has 2 fully saturated rings. The van der Waals surface area contributed by atoms with Gasteiger partial charge in [0.15, 0.2) is 0 Å². The molecule has 2 aliphatic rings. The van der Waals surface area contributed by atoms with Crippen LogP contribution < -0.4 is 5.32 Å². The molecule has 0 spiro atoms. The van der Waals surface area contributed by atoms with Crippen LogP contribution in [0.25, 0.3) is 0 Å². The average Bonchev–Trinajstić information content (AvgIpc) is 2.41. The quantitative estimate of drug-likeness (QED) is 0.768. The van der Waals surface area contributed by atoms with E-state index in [4.69, 9.17) is 4.74 Å². The number of nitrogens with zero attached hydrogens (tertiary/aromatic N) is 1. The van der Waals surface area contributed by atoms with Crippen molar-refractivity contribution in [3.8, 4) is 0 Å². The molecule has 0 amide bonds. The van der Waals surface area contributed by atoms with Crippen molar-refractivity contribution >= 4 is 0 Å². The molecule has 3 atom stereocenters. The highest BCUT2D eigenvalue weighted by Gasteiger charge is 2.40. The minimum Gasteiger partial charge on any atom is -0.380 e. The third-order valence-electron chi connectivity index (χ3n) is 4.79. The Kier molecular flexibility index (Phi) is 6.11. The summed E-state index contributed by atoms with van der Waals surface area (Å²) in [5.74, 6) is 0. The van der Waals surface area contributed by atoms with Crippen LogP contribution >= 0.6 is 0 Å². The van der Waals surface area contributed by atoms with Gasteiger partial charge in [-0.25, -0.2) is 0 Å². The summed E-state index contributed by atoms with van der Waals surface area (Å²) in [5.41, 5.74) is 0. The molecule has 2 aliphatic heterocycles. The highest BCUT2D eigenvalue weighted by molar-refractivity contribution is 4.96. The lowest BCUT2D eigenvalue weighted by Crippen LogP contribution is -2.59. The molecule has 3 nitrogen and oxygen atoms in total. The number of piperidine rings is 2. The van der Waals surface area contributed by atoms with Crippen LogP contribution in [-0.4, -0.2) is 48.8 Å². The van der Waals surface area contributed by atoms with E-state index in [9.17, 15) is 0 Å². The van der Waals surface area contributed by atoms with Gasteiger partial charge in [-0.05, 0) is 52.5 Å². The van der Waals surface area contributed by atoms with E-state index in [0.29, 0.717) is 6.04 Å². The predicted molar refractivity (Wildman–Crippen MR) is 80.5 cm³/mol. The largest absolute Gasteiger partial charge is 0.380 e. The zero-order valence-corrected chi connectivity index (χ0v) is 13.0. The lowest BCUT2D eigenvalue weighted by atomic mass is 9.80. The van der Waals surface area contributed by atoms with Crippen molar-refractivity contribution in [2.75, 3.05) is 19.8 Å². The molecule has 0 radical (unpaired) electrons. The molecule has 3 heteroatoms. The van der Waals surface area contributed by atoms with E-state index < -0.39 is 0 Å². The molecule has 2 heterocycles. The lowest BCUT2D eigenvalue weighted by molar-refractivity contribution is -0.0340. The third kappa shape index (κ3) is 3.93. The number of ether oxygens (including phenoxy) is 1. The van der Waals surface area contributed by atoms with Gasteiger partial charge >= 0.3 is 0 Å². The monoisotopic (exact) mass is 268 g/mol. The van der Waals surface area contributed by atoms with Gasteiger partial charge in [-0.15, -0.1) is 0 Å². The van der Waals surface area contributed by atoms with Crippen LogP contribution in [0.3, 0.4) is 0 Å². The Balaban J connectivity index is 1.91. The summed E-state index contributed by atoms with van der Waals surface area (Å²) in [6, 6.07) is 2.92. The number of nitrogens with one attached hydrogen (secondary N) is 1. The minimum absolute atomic E-state index is 0.586. The second-order valence-corrected chi connectivity index (χ2v) is 6.32. The van der Waals surface area contributed by atoms with Gasteiger partial charge in [0.05, 0.1) is 6.61 Å². The van der Waals surface area contributed by atoms with Gasteiger partial charge in [0.1, 0.15) is 0 Å². The van der Waals surface area contributed by atoms with Crippen molar-refractivity contribution < 1.29 is 4.74 Å². The molecule has 0 aromatic carbocycles. The van der Waals surface area contributed by atoms with Crippen LogP contribution in [0.5, 0.6) is 0 Å². The van der Waals surface area contributed by atoms with Crippen molar-refractivity contribution in [2.45, 2.75) is 83.5 Å². The molecular formula is C16H32N2O. The minimum atomic E-state index is 0.586. The van der Waals surface area contributed by atoms with E-state index in [0.717, 1.165) is 31.3 Å². The zero-order chi connectivity index (χ0) is 13.7. The lowest BCUT2D eigenvalue weighted by Gasteiger charge is -2.51. The second-order valence-electron chi connectivity index (χ2n) is 6.32. The summed E-state index contributed by atoms with van der Waals surface area (Å²) in [5, 5.41) is 3.74. The fraction of sp³-hybridized carbons (Fsp3) is 1.00. The summed E-state index contributed by atoms with van der Waals surface area (Å²) in [7, 11) is 0. The van der Waals surface area contributed by atoms with Crippen LogP contribution in [0.15, 0.2) is 0 Å². The molecule has 2 bridgehead atoms. The SMILES string of the molecule is CCCNC1CC2CCCC(C1)N2C(C)COCC. The molecule has 112 valence electrons. The number of rotatable bonds is 7. The van der Waals surface area contributed by atoms with Gasteiger partial charge in [-0.3, -0.25) is 4.90 Å². The Hall–Kier alpha value is -0.120. The molecule has 0 aromatic heterocycles. The van der Waals surface area contributed by atoms with E-state index in [-0.39, 0.29) is 0 Å². The first-order chi connectivity index (χ1) is 9.26. The van der Waals surface area contributed by atoms with Crippen LogP contribution in [0.2, 0.25) is 0 Å². The van der Waals surface area contributed by atoms with Gasteiger partial charge in [-0.2, -0.15) is 0 Å². The van der Waals surface area contributed by atoms with Crippen LogP contribution in [-0.2, 0) is 4.74 Å².